The molecule has 2 N–H and O–H groups in total. The van der Waals surface area contributed by atoms with Crippen LogP contribution < -0.4 is 4.72 Å². The number of hydrogen-bond acceptors (Lipinski definition) is 4. The average molecular weight is 366 g/mol. The molecule has 0 fully saturated rings. The van der Waals surface area contributed by atoms with Crippen molar-refractivity contribution in [3.63, 3.8) is 0 Å². The van der Waals surface area contributed by atoms with Gasteiger partial charge in [0.15, 0.2) is 0 Å². The first-order chi connectivity index (χ1) is 8.92. The molecule has 0 aliphatic carbocycles. The van der Waals surface area contributed by atoms with Crippen molar-refractivity contribution in [1.82, 2.24) is 0 Å². The third-order valence-corrected chi connectivity index (χ3v) is 5.76. The van der Waals surface area contributed by atoms with E-state index in [1.807, 2.05) is 0 Å². The zero-order chi connectivity index (χ0) is 14.0. The quantitative estimate of drug-likeness (QED) is 0.875. The Morgan fingerprint density at radius 1 is 1.37 bits per heavy atom. The van der Waals surface area contributed by atoms with E-state index in [4.69, 9.17) is 5.11 Å². The van der Waals surface area contributed by atoms with Gasteiger partial charge in [0, 0.05) is 0 Å². The number of anilines is 1. The van der Waals surface area contributed by atoms with Crippen LogP contribution in [0, 0.1) is 5.82 Å². The molecule has 2 rings (SSSR count). The Bertz CT molecular complexity index is 700. The van der Waals surface area contributed by atoms with Crippen LogP contribution in [0.15, 0.2) is 38.3 Å². The van der Waals surface area contributed by atoms with Crippen LogP contribution >= 0.6 is 27.3 Å². The maximum Gasteiger partial charge on any atom is 0.271 e. The van der Waals surface area contributed by atoms with Gasteiger partial charge in [0.05, 0.1) is 16.8 Å². The van der Waals surface area contributed by atoms with Crippen molar-refractivity contribution in [1.29, 1.82) is 0 Å². The molecule has 4 nitrogen and oxygen atoms in total. The Balaban J connectivity index is 2.28. The van der Waals surface area contributed by atoms with E-state index in [0.29, 0.717) is 5.56 Å². The standard InChI is InChI=1S/C11H9BrFNO3S2/c12-9-2-1-8(4-10(9)13)14-19(16,17)11-3-7(5-15)6-18-11/h1-4,6,14-15H,5H2. The smallest absolute Gasteiger partial charge is 0.271 e. The van der Waals surface area contributed by atoms with Gasteiger partial charge < -0.3 is 5.11 Å². The molecular formula is C11H9BrFNO3S2. The SMILES string of the molecule is O=S(=O)(Nc1ccc(Br)c(F)c1)c1cc(CO)cs1. The lowest BCUT2D eigenvalue weighted by Crippen LogP contribution is -2.11. The van der Waals surface area contributed by atoms with Crippen molar-refractivity contribution >= 4 is 43.0 Å². The highest BCUT2D eigenvalue weighted by molar-refractivity contribution is 9.10. The molecule has 1 aromatic carbocycles. The van der Waals surface area contributed by atoms with E-state index in [0.717, 1.165) is 17.4 Å². The van der Waals surface area contributed by atoms with Crippen molar-refractivity contribution < 1.29 is 17.9 Å². The van der Waals surface area contributed by atoms with Crippen molar-refractivity contribution in [3.8, 4) is 0 Å². The average Bonchev–Trinajstić information content (AvgIpc) is 2.83. The first kappa shape index (κ1) is 14.4. The number of sulfonamides is 1. The predicted molar refractivity (Wildman–Crippen MR) is 75.2 cm³/mol. The zero-order valence-corrected chi connectivity index (χ0v) is 12.6. The minimum Gasteiger partial charge on any atom is -0.392 e. The summed E-state index contributed by atoms with van der Waals surface area (Å²) >= 11 is 3.98. The van der Waals surface area contributed by atoms with E-state index in [9.17, 15) is 12.8 Å². The summed E-state index contributed by atoms with van der Waals surface area (Å²) in [6.07, 6.45) is 0. The van der Waals surface area contributed by atoms with Gasteiger partial charge in [-0.1, -0.05) is 0 Å². The summed E-state index contributed by atoms with van der Waals surface area (Å²) in [5, 5.41) is 10.5. The minimum atomic E-state index is -3.76. The summed E-state index contributed by atoms with van der Waals surface area (Å²) in [6.45, 7) is -0.223. The molecule has 0 radical (unpaired) electrons. The van der Waals surface area contributed by atoms with Crippen LogP contribution in [0.4, 0.5) is 10.1 Å². The summed E-state index contributed by atoms with van der Waals surface area (Å²) in [7, 11) is -3.76. The first-order valence-electron chi connectivity index (χ1n) is 5.08. The third-order valence-electron chi connectivity index (χ3n) is 2.25. The second-order valence-electron chi connectivity index (χ2n) is 3.67. The first-order valence-corrected chi connectivity index (χ1v) is 8.24. The summed E-state index contributed by atoms with van der Waals surface area (Å²) in [5.41, 5.74) is 0.659. The van der Waals surface area contributed by atoms with Gasteiger partial charge in [0.1, 0.15) is 10.0 Å². The minimum absolute atomic E-state index is 0.0693. The maximum atomic E-state index is 13.3. The highest BCUT2D eigenvalue weighted by Gasteiger charge is 2.17. The lowest BCUT2D eigenvalue weighted by molar-refractivity contribution is 0.282. The third kappa shape index (κ3) is 3.33. The molecule has 2 aromatic rings. The number of aliphatic hydroxyl groups is 1. The fourth-order valence-electron chi connectivity index (χ4n) is 1.34. The van der Waals surface area contributed by atoms with Gasteiger partial charge in [0.25, 0.3) is 10.0 Å². The topological polar surface area (TPSA) is 66.4 Å². The summed E-state index contributed by atoms with van der Waals surface area (Å²) < 4.78 is 39.9. The van der Waals surface area contributed by atoms with E-state index >= 15 is 0 Å². The molecule has 102 valence electrons. The lowest BCUT2D eigenvalue weighted by Gasteiger charge is -2.06. The fourth-order valence-corrected chi connectivity index (χ4v) is 3.84. The molecule has 0 aliphatic heterocycles. The van der Waals surface area contributed by atoms with Crippen LogP contribution in [0.1, 0.15) is 5.56 Å². The summed E-state index contributed by atoms with van der Waals surface area (Å²) in [4.78, 5) is 0. The number of thiophene rings is 1. The van der Waals surface area contributed by atoms with Crippen molar-refractivity contribution in [2.75, 3.05) is 4.72 Å². The Morgan fingerprint density at radius 3 is 2.68 bits per heavy atom. The second-order valence-corrected chi connectivity index (χ2v) is 7.34. The summed E-state index contributed by atoms with van der Waals surface area (Å²) in [6, 6.07) is 5.33. The van der Waals surface area contributed by atoms with Gasteiger partial charge in [-0.05, 0) is 51.1 Å². The molecule has 8 heteroatoms. The largest absolute Gasteiger partial charge is 0.392 e. The highest BCUT2D eigenvalue weighted by atomic mass is 79.9. The van der Waals surface area contributed by atoms with E-state index < -0.39 is 15.8 Å². The van der Waals surface area contributed by atoms with Crippen molar-refractivity contribution in [3.05, 3.63) is 45.5 Å². The highest BCUT2D eigenvalue weighted by Crippen LogP contribution is 2.25. The number of halogens is 2. The molecule has 0 spiro atoms. The summed E-state index contributed by atoms with van der Waals surface area (Å²) in [5.74, 6) is -0.553. The Morgan fingerprint density at radius 2 is 2.11 bits per heavy atom. The molecule has 0 aliphatic rings. The molecule has 0 saturated carbocycles. The van der Waals surface area contributed by atoms with Crippen LogP contribution in [0.5, 0.6) is 0 Å². The normalized spacial score (nSPS) is 11.5. The van der Waals surface area contributed by atoms with Crippen LogP contribution in [-0.4, -0.2) is 13.5 Å². The van der Waals surface area contributed by atoms with Gasteiger partial charge in [-0.15, -0.1) is 11.3 Å². The van der Waals surface area contributed by atoms with Crippen LogP contribution in [0.2, 0.25) is 0 Å². The van der Waals surface area contributed by atoms with E-state index in [1.165, 1.54) is 18.2 Å². The van der Waals surface area contributed by atoms with E-state index in [-0.39, 0.29) is 21.0 Å². The number of aliphatic hydroxyl groups excluding tert-OH is 1. The van der Waals surface area contributed by atoms with Gasteiger partial charge >= 0.3 is 0 Å². The number of hydrogen-bond donors (Lipinski definition) is 2. The molecule has 1 aromatic heterocycles. The molecule has 0 atom stereocenters. The van der Waals surface area contributed by atoms with Crippen molar-refractivity contribution in [2.24, 2.45) is 0 Å². The molecule has 0 saturated heterocycles. The van der Waals surface area contributed by atoms with Gasteiger partial charge in [-0.3, -0.25) is 4.72 Å². The van der Waals surface area contributed by atoms with Gasteiger partial charge in [-0.2, -0.15) is 0 Å². The molecular weight excluding hydrogens is 357 g/mol. The number of nitrogens with one attached hydrogen (secondary N) is 1. The van der Waals surface area contributed by atoms with Crippen LogP contribution in [0.3, 0.4) is 0 Å². The number of benzene rings is 1. The molecule has 19 heavy (non-hydrogen) atoms. The lowest BCUT2D eigenvalue weighted by atomic mass is 10.3. The fraction of sp³-hybridized carbons (Fsp3) is 0.0909. The Hall–Kier alpha value is -0.960. The maximum absolute atomic E-state index is 13.3. The Kier molecular flexibility index (Phi) is 4.24. The second kappa shape index (κ2) is 5.58. The van der Waals surface area contributed by atoms with E-state index in [1.54, 1.807) is 5.38 Å². The van der Waals surface area contributed by atoms with Crippen LogP contribution in [-0.2, 0) is 16.6 Å². The molecule has 0 bridgehead atoms. The molecule has 1 heterocycles. The Labute approximate surface area is 122 Å². The van der Waals surface area contributed by atoms with Gasteiger partial charge in [-0.25, -0.2) is 12.8 Å². The molecule has 0 unspecified atom stereocenters. The number of rotatable bonds is 4. The zero-order valence-electron chi connectivity index (χ0n) is 9.43. The monoisotopic (exact) mass is 365 g/mol. The van der Waals surface area contributed by atoms with Gasteiger partial charge in [0.2, 0.25) is 0 Å². The predicted octanol–water partition coefficient (Wildman–Crippen LogP) is 2.94. The van der Waals surface area contributed by atoms with Crippen molar-refractivity contribution in [2.45, 2.75) is 10.8 Å². The van der Waals surface area contributed by atoms with E-state index in [2.05, 4.69) is 20.7 Å². The molecule has 0 amide bonds. The van der Waals surface area contributed by atoms with Crippen LogP contribution in [0.25, 0.3) is 0 Å².